The molecule has 140 valence electrons. The molecule has 25 heavy (non-hydrogen) atoms. The van der Waals surface area contributed by atoms with Crippen LogP contribution in [0, 0.1) is 0 Å². The average Bonchev–Trinajstić information content (AvgIpc) is 2.53. The molecule has 0 spiro atoms. The maximum absolute atomic E-state index is 12.6. The Morgan fingerprint density at radius 1 is 1.20 bits per heavy atom. The second-order valence-corrected chi connectivity index (χ2v) is 8.20. The van der Waals surface area contributed by atoms with Gasteiger partial charge in [-0.1, -0.05) is 22.0 Å². The van der Waals surface area contributed by atoms with Crippen molar-refractivity contribution in [1.29, 1.82) is 0 Å². The van der Waals surface area contributed by atoms with Crippen LogP contribution >= 0.6 is 15.9 Å². The molecule has 1 aliphatic heterocycles. The van der Waals surface area contributed by atoms with Gasteiger partial charge < -0.3 is 9.64 Å². The van der Waals surface area contributed by atoms with Gasteiger partial charge in [-0.25, -0.2) is 8.42 Å². The van der Waals surface area contributed by atoms with Gasteiger partial charge in [0, 0.05) is 30.7 Å². The van der Waals surface area contributed by atoms with E-state index < -0.39 is 35.3 Å². The number of hydrogen-bond acceptors (Lipinski definition) is 4. The van der Waals surface area contributed by atoms with E-state index in [4.69, 9.17) is 0 Å². The summed E-state index contributed by atoms with van der Waals surface area (Å²) in [6.45, 7) is -1.84. The molecule has 0 saturated carbocycles. The highest BCUT2D eigenvalue weighted by atomic mass is 79.9. The van der Waals surface area contributed by atoms with Crippen LogP contribution in [-0.2, 0) is 19.6 Å². The summed E-state index contributed by atoms with van der Waals surface area (Å²) in [7, 11) is -3.68. The smallest absolute Gasteiger partial charge is 0.362 e. The molecule has 1 saturated heterocycles. The minimum atomic E-state index is -4.49. The zero-order chi connectivity index (χ0) is 18.7. The van der Waals surface area contributed by atoms with Crippen LogP contribution in [0.2, 0.25) is 0 Å². The number of amides is 1. The maximum Gasteiger partial charge on any atom is 0.411 e. The average molecular weight is 445 g/mol. The Morgan fingerprint density at radius 3 is 2.40 bits per heavy atom. The highest BCUT2D eigenvalue weighted by Crippen LogP contribution is 2.21. The molecular formula is C14H16BrF3N2O4S. The number of rotatable bonds is 5. The standard InChI is InChI=1S/C14H16BrF3N2O4S/c15-11-2-1-3-12(8-11)25(22,23)20-6-4-19(5-7-20)13(21)9-24-10-14(16,17)18/h1-3,8H,4-7,9-10H2. The van der Waals surface area contributed by atoms with Crippen molar-refractivity contribution < 1.29 is 31.1 Å². The third kappa shape index (κ3) is 5.66. The molecule has 1 fully saturated rings. The molecule has 0 N–H and O–H groups in total. The van der Waals surface area contributed by atoms with E-state index in [-0.39, 0.29) is 31.1 Å². The van der Waals surface area contributed by atoms with Crippen molar-refractivity contribution in [3.8, 4) is 0 Å². The van der Waals surface area contributed by atoms with Crippen LogP contribution in [0.15, 0.2) is 33.6 Å². The Bertz CT molecular complexity index is 719. The lowest BCUT2D eigenvalue weighted by Crippen LogP contribution is -2.51. The van der Waals surface area contributed by atoms with Crippen molar-refractivity contribution in [1.82, 2.24) is 9.21 Å². The predicted octanol–water partition coefficient (Wildman–Crippen LogP) is 1.86. The Hall–Kier alpha value is -1.17. The highest BCUT2D eigenvalue weighted by Gasteiger charge is 2.31. The molecule has 0 bridgehead atoms. The van der Waals surface area contributed by atoms with Crippen molar-refractivity contribution in [2.45, 2.75) is 11.1 Å². The highest BCUT2D eigenvalue weighted by molar-refractivity contribution is 9.10. The van der Waals surface area contributed by atoms with Crippen molar-refractivity contribution in [3.63, 3.8) is 0 Å². The van der Waals surface area contributed by atoms with E-state index >= 15 is 0 Å². The van der Waals surface area contributed by atoms with Gasteiger partial charge in [-0.15, -0.1) is 0 Å². The van der Waals surface area contributed by atoms with E-state index in [2.05, 4.69) is 20.7 Å². The number of halogens is 4. The Balaban J connectivity index is 1.89. The quantitative estimate of drug-likeness (QED) is 0.694. The molecule has 0 aliphatic carbocycles. The number of carbonyl (C=O) groups excluding carboxylic acids is 1. The van der Waals surface area contributed by atoms with Crippen LogP contribution in [0.25, 0.3) is 0 Å². The summed E-state index contributed by atoms with van der Waals surface area (Å²) in [5, 5.41) is 0. The second kappa shape index (κ2) is 8.02. The molecule has 0 atom stereocenters. The van der Waals surface area contributed by atoms with Crippen LogP contribution in [0.3, 0.4) is 0 Å². The molecular weight excluding hydrogens is 429 g/mol. The summed E-state index contributed by atoms with van der Waals surface area (Å²) < 4.78 is 67.3. The van der Waals surface area contributed by atoms with Gasteiger partial charge in [-0.05, 0) is 18.2 Å². The first-order chi connectivity index (χ1) is 11.6. The SMILES string of the molecule is O=C(COCC(F)(F)F)N1CCN(S(=O)(=O)c2cccc(Br)c2)CC1. The van der Waals surface area contributed by atoms with Crippen LogP contribution < -0.4 is 0 Å². The van der Waals surface area contributed by atoms with Crippen molar-refractivity contribution in [3.05, 3.63) is 28.7 Å². The lowest BCUT2D eigenvalue weighted by atomic mass is 10.3. The molecule has 1 aromatic rings. The van der Waals surface area contributed by atoms with Crippen LogP contribution in [0.1, 0.15) is 0 Å². The number of benzene rings is 1. The Labute approximate surface area is 151 Å². The van der Waals surface area contributed by atoms with E-state index in [0.717, 1.165) is 0 Å². The van der Waals surface area contributed by atoms with Crippen molar-refractivity contribution in [2.75, 3.05) is 39.4 Å². The lowest BCUT2D eigenvalue weighted by molar-refractivity contribution is -0.178. The largest absolute Gasteiger partial charge is 0.411 e. The number of nitrogens with zero attached hydrogens (tertiary/aromatic N) is 2. The molecule has 0 unspecified atom stereocenters. The van der Waals surface area contributed by atoms with Gasteiger partial charge >= 0.3 is 6.18 Å². The molecule has 1 aromatic carbocycles. The fraction of sp³-hybridized carbons (Fsp3) is 0.500. The predicted molar refractivity (Wildman–Crippen MR) is 86.4 cm³/mol. The summed E-state index contributed by atoms with van der Waals surface area (Å²) in [4.78, 5) is 13.2. The van der Waals surface area contributed by atoms with Gasteiger partial charge in [-0.2, -0.15) is 17.5 Å². The zero-order valence-electron chi connectivity index (χ0n) is 13.0. The lowest BCUT2D eigenvalue weighted by Gasteiger charge is -2.34. The number of carbonyl (C=O) groups is 1. The molecule has 1 amide bonds. The second-order valence-electron chi connectivity index (χ2n) is 5.35. The Kier molecular flexibility index (Phi) is 6.46. The van der Waals surface area contributed by atoms with Crippen LogP contribution in [-0.4, -0.2) is 69.1 Å². The van der Waals surface area contributed by atoms with Gasteiger partial charge in [0.2, 0.25) is 15.9 Å². The minimum Gasteiger partial charge on any atom is -0.362 e. The third-order valence-corrected chi connectivity index (χ3v) is 5.90. The van der Waals surface area contributed by atoms with Gasteiger partial charge in [0.15, 0.2) is 0 Å². The number of sulfonamides is 1. The van der Waals surface area contributed by atoms with E-state index in [0.29, 0.717) is 4.47 Å². The summed E-state index contributed by atoms with van der Waals surface area (Å²) in [6.07, 6.45) is -4.49. The monoisotopic (exact) mass is 444 g/mol. The van der Waals surface area contributed by atoms with Gasteiger partial charge in [-0.3, -0.25) is 4.79 Å². The van der Waals surface area contributed by atoms with Gasteiger partial charge in [0.1, 0.15) is 13.2 Å². The molecule has 1 aliphatic rings. The van der Waals surface area contributed by atoms with E-state index in [9.17, 15) is 26.4 Å². The van der Waals surface area contributed by atoms with Gasteiger partial charge in [0.25, 0.3) is 0 Å². The molecule has 0 radical (unpaired) electrons. The summed E-state index contributed by atoms with van der Waals surface area (Å²) in [5.41, 5.74) is 0. The van der Waals surface area contributed by atoms with E-state index in [1.807, 2.05) is 0 Å². The summed E-state index contributed by atoms with van der Waals surface area (Å²) in [5.74, 6) is -0.594. The van der Waals surface area contributed by atoms with Gasteiger partial charge in [0.05, 0.1) is 4.90 Å². The number of hydrogen-bond donors (Lipinski definition) is 0. The van der Waals surface area contributed by atoms with Crippen molar-refractivity contribution in [2.24, 2.45) is 0 Å². The van der Waals surface area contributed by atoms with Crippen molar-refractivity contribution >= 4 is 31.9 Å². The Morgan fingerprint density at radius 2 is 1.84 bits per heavy atom. The van der Waals surface area contributed by atoms with E-state index in [1.165, 1.54) is 21.3 Å². The molecule has 6 nitrogen and oxygen atoms in total. The molecule has 11 heteroatoms. The molecule has 1 heterocycles. The normalized spacial score (nSPS) is 16.9. The summed E-state index contributed by atoms with van der Waals surface area (Å²) >= 11 is 3.22. The fourth-order valence-electron chi connectivity index (χ4n) is 2.30. The maximum atomic E-state index is 12.6. The first-order valence-corrected chi connectivity index (χ1v) is 9.51. The fourth-order valence-corrected chi connectivity index (χ4v) is 4.32. The van der Waals surface area contributed by atoms with E-state index in [1.54, 1.807) is 12.1 Å². The molecule has 2 rings (SSSR count). The first-order valence-electron chi connectivity index (χ1n) is 7.27. The topological polar surface area (TPSA) is 66.9 Å². The first kappa shape index (κ1) is 20.1. The summed E-state index contributed by atoms with van der Waals surface area (Å²) in [6, 6.07) is 6.27. The number of alkyl halides is 3. The third-order valence-electron chi connectivity index (χ3n) is 3.52. The number of piperazine rings is 1. The minimum absolute atomic E-state index is 0.0693. The van der Waals surface area contributed by atoms with Crippen LogP contribution in [0.5, 0.6) is 0 Å². The molecule has 0 aromatic heterocycles. The number of ether oxygens (including phenoxy) is 1. The zero-order valence-corrected chi connectivity index (χ0v) is 15.4. The van der Waals surface area contributed by atoms with Crippen LogP contribution in [0.4, 0.5) is 13.2 Å².